The SMILES string of the molecule is c1cc(-c2cc(-c3nc4ccccc4o3)cc(-c3nc4ccccc4o3)c2)cc(-c2ccc3c(c2)-c2ccccc2C32c3ccccc3-c3ccccc32)c1. The molecule has 8 aromatic carbocycles. The molecule has 0 radical (unpaired) electrons. The van der Waals surface area contributed by atoms with Crippen molar-refractivity contribution in [2.45, 2.75) is 5.41 Å². The van der Waals surface area contributed by atoms with Crippen LogP contribution in [0.4, 0.5) is 0 Å². The van der Waals surface area contributed by atoms with Gasteiger partial charge >= 0.3 is 0 Å². The van der Waals surface area contributed by atoms with Crippen LogP contribution in [-0.4, -0.2) is 9.97 Å². The van der Waals surface area contributed by atoms with E-state index in [2.05, 4.69) is 133 Å². The van der Waals surface area contributed by atoms with E-state index in [0.29, 0.717) is 11.8 Å². The molecular weight excluding hydrogens is 673 g/mol. The minimum absolute atomic E-state index is 0.355. The molecule has 0 bridgehead atoms. The van der Waals surface area contributed by atoms with Gasteiger partial charge in [-0.1, -0.05) is 127 Å². The number of fused-ring (bicyclic) bond motifs is 12. The zero-order valence-corrected chi connectivity index (χ0v) is 29.5. The second-order valence-corrected chi connectivity index (χ2v) is 14.5. The fourth-order valence-electron chi connectivity index (χ4n) is 9.19. The zero-order chi connectivity index (χ0) is 36.1. The van der Waals surface area contributed by atoms with Gasteiger partial charge in [0.15, 0.2) is 11.2 Å². The minimum atomic E-state index is -0.355. The number of oxazole rings is 2. The fraction of sp³-hybridized carbons (Fsp3) is 0.0196. The maximum absolute atomic E-state index is 6.28. The molecule has 0 saturated heterocycles. The quantitative estimate of drug-likeness (QED) is 0.183. The highest BCUT2D eigenvalue weighted by Crippen LogP contribution is 2.63. The summed E-state index contributed by atoms with van der Waals surface area (Å²) in [5.74, 6) is 1.11. The van der Waals surface area contributed by atoms with Crippen molar-refractivity contribution in [3.05, 3.63) is 204 Å². The summed E-state index contributed by atoms with van der Waals surface area (Å²) in [6.07, 6.45) is 0. The first-order valence-electron chi connectivity index (χ1n) is 18.6. The van der Waals surface area contributed by atoms with Crippen molar-refractivity contribution in [1.29, 1.82) is 0 Å². The minimum Gasteiger partial charge on any atom is -0.436 e. The Morgan fingerprint density at radius 2 is 0.727 bits per heavy atom. The van der Waals surface area contributed by atoms with Gasteiger partial charge in [0.05, 0.1) is 5.41 Å². The van der Waals surface area contributed by atoms with Gasteiger partial charge in [-0.15, -0.1) is 0 Å². The van der Waals surface area contributed by atoms with Gasteiger partial charge < -0.3 is 8.83 Å². The molecule has 0 amide bonds. The number of rotatable bonds is 4. The van der Waals surface area contributed by atoms with Gasteiger partial charge in [0.25, 0.3) is 0 Å². The Balaban J connectivity index is 1.01. The standard InChI is InChI=1S/C51H30N2O2/c1-4-17-41-37(14-1)38-15-2-5-18-42(38)51(41)43-19-6-3-16-39(43)40-30-33(24-25-44(40)51)31-12-11-13-32(26-31)34-27-35(49-52-45-20-7-9-22-47(45)54-49)29-36(28-34)50-53-46-21-8-10-23-48(46)55-50/h1-30H. The molecule has 12 rings (SSSR count). The first kappa shape index (κ1) is 30.2. The molecule has 2 aromatic heterocycles. The van der Waals surface area contributed by atoms with Crippen LogP contribution in [0.1, 0.15) is 22.3 Å². The molecule has 55 heavy (non-hydrogen) atoms. The molecule has 0 saturated carbocycles. The number of benzene rings is 8. The molecule has 1 spiro atoms. The molecule has 4 heteroatoms. The highest BCUT2D eigenvalue weighted by molar-refractivity contribution is 5.96. The topological polar surface area (TPSA) is 52.1 Å². The molecule has 0 unspecified atom stereocenters. The summed E-state index contributed by atoms with van der Waals surface area (Å²) >= 11 is 0. The molecule has 0 N–H and O–H groups in total. The van der Waals surface area contributed by atoms with Crippen LogP contribution in [0, 0.1) is 0 Å². The molecule has 2 aliphatic carbocycles. The maximum Gasteiger partial charge on any atom is 0.227 e. The molecule has 0 aliphatic heterocycles. The fourth-order valence-corrected chi connectivity index (χ4v) is 9.19. The van der Waals surface area contributed by atoms with Gasteiger partial charge in [0, 0.05) is 11.1 Å². The average molecular weight is 703 g/mol. The van der Waals surface area contributed by atoms with Crippen molar-refractivity contribution in [1.82, 2.24) is 9.97 Å². The lowest BCUT2D eigenvalue weighted by atomic mass is 9.70. The van der Waals surface area contributed by atoms with Crippen LogP contribution in [0.2, 0.25) is 0 Å². The Labute approximate surface area is 317 Å². The van der Waals surface area contributed by atoms with Crippen LogP contribution in [0.3, 0.4) is 0 Å². The lowest BCUT2D eigenvalue weighted by molar-refractivity contribution is 0.617. The summed E-state index contributed by atoms with van der Waals surface area (Å²) < 4.78 is 12.6. The molecule has 0 fully saturated rings. The van der Waals surface area contributed by atoms with E-state index >= 15 is 0 Å². The molecule has 2 aliphatic rings. The van der Waals surface area contributed by atoms with Crippen molar-refractivity contribution in [3.63, 3.8) is 0 Å². The summed E-state index contributed by atoms with van der Waals surface area (Å²) in [5.41, 5.74) is 19.5. The van der Waals surface area contributed by atoms with Crippen molar-refractivity contribution in [2.75, 3.05) is 0 Å². The average Bonchev–Trinajstić information content (AvgIpc) is 4.02. The number of nitrogens with zero attached hydrogens (tertiary/aromatic N) is 2. The Morgan fingerprint density at radius 3 is 1.29 bits per heavy atom. The summed E-state index contributed by atoms with van der Waals surface area (Å²) in [6, 6.07) is 64.7. The lowest BCUT2D eigenvalue weighted by Gasteiger charge is -2.30. The van der Waals surface area contributed by atoms with Crippen molar-refractivity contribution >= 4 is 22.2 Å². The number of aromatic nitrogens is 2. The highest BCUT2D eigenvalue weighted by Gasteiger charge is 2.51. The van der Waals surface area contributed by atoms with Crippen molar-refractivity contribution in [2.24, 2.45) is 0 Å². The van der Waals surface area contributed by atoms with Gasteiger partial charge in [-0.2, -0.15) is 0 Å². The van der Waals surface area contributed by atoms with E-state index in [-0.39, 0.29) is 5.41 Å². The Bertz CT molecular complexity index is 2980. The first-order valence-corrected chi connectivity index (χ1v) is 18.6. The van der Waals surface area contributed by atoms with Gasteiger partial charge in [0.1, 0.15) is 11.0 Å². The van der Waals surface area contributed by atoms with Gasteiger partial charge in [-0.25, -0.2) is 9.97 Å². The third-order valence-electron chi connectivity index (χ3n) is 11.5. The van der Waals surface area contributed by atoms with Crippen LogP contribution in [0.5, 0.6) is 0 Å². The van der Waals surface area contributed by atoms with Crippen LogP contribution >= 0.6 is 0 Å². The number of hydrogen-bond donors (Lipinski definition) is 0. The van der Waals surface area contributed by atoms with Gasteiger partial charge in [-0.3, -0.25) is 0 Å². The number of para-hydroxylation sites is 4. The van der Waals surface area contributed by atoms with Crippen molar-refractivity contribution < 1.29 is 8.83 Å². The molecule has 256 valence electrons. The second kappa shape index (κ2) is 11.3. The van der Waals surface area contributed by atoms with Gasteiger partial charge in [-0.05, 0) is 121 Å². The predicted molar refractivity (Wildman–Crippen MR) is 220 cm³/mol. The first-order chi connectivity index (χ1) is 27.2. The Morgan fingerprint density at radius 1 is 0.309 bits per heavy atom. The third-order valence-corrected chi connectivity index (χ3v) is 11.5. The highest BCUT2D eigenvalue weighted by atomic mass is 16.4. The molecule has 0 atom stereocenters. The molecular formula is C51H30N2O2. The van der Waals surface area contributed by atoms with E-state index in [1.54, 1.807) is 0 Å². The maximum atomic E-state index is 6.28. The van der Waals surface area contributed by atoms with E-state index in [4.69, 9.17) is 18.8 Å². The summed E-state index contributed by atoms with van der Waals surface area (Å²) in [7, 11) is 0. The van der Waals surface area contributed by atoms with Crippen LogP contribution in [0.25, 0.3) is 89.6 Å². The van der Waals surface area contributed by atoms with Crippen molar-refractivity contribution in [3.8, 4) is 67.4 Å². The summed E-state index contributed by atoms with van der Waals surface area (Å²) in [5, 5.41) is 0. The van der Waals surface area contributed by atoms with E-state index in [1.807, 2.05) is 48.5 Å². The Hall–Kier alpha value is -7.30. The van der Waals surface area contributed by atoms with Crippen LogP contribution in [-0.2, 0) is 5.41 Å². The third kappa shape index (κ3) is 4.34. The predicted octanol–water partition coefficient (Wildman–Crippen LogP) is 13.0. The monoisotopic (exact) mass is 702 g/mol. The largest absolute Gasteiger partial charge is 0.436 e. The van der Waals surface area contributed by atoms with E-state index in [1.165, 1.54) is 50.1 Å². The van der Waals surface area contributed by atoms with E-state index in [0.717, 1.165) is 50.0 Å². The second-order valence-electron chi connectivity index (χ2n) is 14.5. The summed E-state index contributed by atoms with van der Waals surface area (Å²) in [6.45, 7) is 0. The van der Waals surface area contributed by atoms with Crippen LogP contribution in [0.15, 0.2) is 191 Å². The molecule has 2 heterocycles. The molecule has 4 nitrogen and oxygen atoms in total. The van der Waals surface area contributed by atoms with E-state index in [9.17, 15) is 0 Å². The van der Waals surface area contributed by atoms with E-state index < -0.39 is 0 Å². The van der Waals surface area contributed by atoms with Gasteiger partial charge in [0.2, 0.25) is 11.8 Å². The molecule has 10 aromatic rings. The lowest BCUT2D eigenvalue weighted by Crippen LogP contribution is -2.25. The normalized spacial score (nSPS) is 13.2. The summed E-state index contributed by atoms with van der Waals surface area (Å²) in [4.78, 5) is 9.71. The Kier molecular flexibility index (Phi) is 6.23. The zero-order valence-electron chi connectivity index (χ0n) is 29.5. The van der Waals surface area contributed by atoms with Crippen LogP contribution < -0.4 is 0 Å². The number of hydrogen-bond acceptors (Lipinski definition) is 4. The smallest absolute Gasteiger partial charge is 0.227 e.